The molecule has 0 saturated carbocycles. The average molecular weight is 328 g/mol. The van der Waals surface area contributed by atoms with Gasteiger partial charge in [-0.15, -0.1) is 0 Å². The summed E-state index contributed by atoms with van der Waals surface area (Å²) in [5.41, 5.74) is 3.04. The second kappa shape index (κ2) is 7.27. The highest BCUT2D eigenvalue weighted by Gasteiger charge is 2.22. The van der Waals surface area contributed by atoms with Gasteiger partial charge >= 0.3 is 0 Å². The molecule has 1 unspecified atom stereocenters. The molecular weight excluding hydrogens is 309 g/mol. The monoisotopic (exact) mass is 327 g/mol. The topological polar surface area (TPSA) is 39.1 Å². The van der Waals surface area contributed by atoms with Gasteiger partial charge in [0.1, 0.15) is 0 Å². The van der Waals surface area contributed by atoms with Gasteiger partial charge in [-0.3, -0.25) is 4.68 Å². The molecule has 0 aliphatic rings. The van der Waals surface area contributed by atoms with Gasteiger partial charge in [-0.2, -0.15) is 5.10 Å². The number of rotatable bonds is 6. The van der Waals surface area contributed by atoms with Crippen LogP contribution in [0.3, 0.4) is 0 Å². The third-order valence-electron chi connectivity index (χ3n) is 3.52. The van der Waals surface area contributed by atoms with Crippen molar-refractivity contribution in [2.45, 2.75) is 19.5 Å². The van der Waals surface area contributed by atoms with Crippen molar-refractivity contribution in [1.29, 1.82) is 0 Å². The molecule has 1 atom stereocenters. The van der Waals surface area contributed by atoms with E-state index in [1.54, 1.807) is 13.3 Å². The molecule has 4 nitrogen and oxygen atoms in total. The first kappa shape index (κ1) is 16.3. The van der Waals surface area contributed by atoms with Gasteiger partial charge in [0.15, 0.2) is 0 Å². The Morgan fingerprint density at radius 2 is 2.10 bits per heavy atom. The first-order valence-corrected chi connectivity index (χ1v) is 7.48. The van der Waals surface area contributed by atoms with Crippen LogP contribution in [0.15, 0.2) is 24.4 Å². The molecule has 0 saturated heterocycles. The Labute approximate surface area is 135 Å². The van der Waals surface area contributed by atoms with Crippen molar-refractivity contribution in [3.63, 3.8) is 0 Å². The fourth-order valence-corrected chi connectivity index (χ4v) is 2.82. The maximum absolute atomic E-state index is 6.34. The molecule has 2 aromatic rings. The van der Waals surface area contributed by atoms with Gasteiger partial charge < -0.3 is 10.1 Å². The van der Waals surface area contributed by atoms with Crippen LogP contribution in [0, 0.1) is 6.92 Å². The number of hydrogen-bond donors (Lipinski definition) is 1. The first-order valence-electron chi connectivity index (χ1n) is 6.72. The summed E-state index contributed by atoms with van der Waals surface area (Å²) in [5, 5.41) is 9.01. The summed E-state index contributed by atoms with van der Waals surface area (Å²) in [6.45, 7) is 3.23. The van der Waals surface area contributed by atoms with Gasteiger partial charge in [0, 0.05) is 12.1 Å². The van der Waals surface area contributed by atoms with Crippen LogP contribution in [0.5, 0.6) is 0 Å². The van der Waals surface area contributed by atoms with E-state index in [2.05, 4.69) is 10.4 Å². The predicted octanol–water partition coefficient (Wildman–Crippen LogP) is 3.45. The van der Waals surface area contributed by atoms with Gasteiger partial charge in [0.25, 0.3) is 0 Å². The number of aromatic nitrogens is 2. The summed E-state index contributed by atoms with van der Waals surface area (Å²) in [7, 11) is 3.57. The molecule has 0 bridgehead atoms. The Morgan fingerprint density at radius 1 is 1.33 bits per heavy atom. The Hall–Kier alpha value is -1.07. The van der Waals surface area contributed by atoms with E-state index in [1.165, 1.54) is 0 Å². The number of ether oxygens (including phenoxy) is 1. The Kier molecular flexibility index (Phi) is 5.65. The molecule has 2 rings (SSSR count). The zero-order chi connectivity index (χ0) is 15.4. The lowest BCUT2D eigenvalue weighted by Crippen LogP contribution is -2.23. The van der Waals surface area contributed by atoms with Crippen LogP contribution in [0.2, 0.25) is 10.0 Å². The molecule has 0 radical (unpaired) electrons. The number of methoxy groups -OCH3 is 1. The summed E-state index contributed by atoms with van der Waals surface area (Å²) in [4.78, 5) is 0. The standard InChI is InChI=1S/C15H19Cl2N3O/c1-10-11(5-4-6-12(10)16)14(18-2)15-13(17)9-19-20(15)7-8-21-3/h4-6,9,14,18H,7-8H2,1-3H3. The molecule has 0 aliphatic carbocycles. The molecule has 21 heavy (non-hydrogen) atoms. The quantitative estimate of drug-likeness (QED) is 0.883. The summed E-state index contributed by atoms with van der Waals surface area (Å²) in [6.07, 6.45) is 1.66. The highest BCUT2D eigenvalue weighted by atomic mass is 35.5. The Morgan fingerprint density at radius 3 is 2.76 bits per heavy atom. The van der Waals surface area contributed by atoms with E-state index in [4.69, 9.17) is 27.9 Å². The maximum Gasteiger partial charge on any atom is 0.0837 e. The maximum atomic E-state index is 6.34. The molecule has 1 aromatic carbocycles. The molecule has 1 aromatic heterocycles. The van der Waals surface area contributed by atoms with Crippen LogP contribution < -0.4 is 5.32 Å². The minimum Gasteiger partial charge on any atom is -0.383 e. The van der Waals surface area contributed by atoms with Crippen molar-refractivity contribution >= 4 is 23.2 Å². The van der Waals surface area contributed by atoms with Crippen LogP contribution in [0.25, 0.3) is 0 Å². The van der Waals surface area contributed by atoms with Gasteiger partial charge in [-0.05, 0) is 31.2 Å². The van der Waals surface area contributed by atoms with Crippen molar-refractivity contribution in [1.82, 2.24) is 15.1 Å². The van der Waals surface area contributed by atoms with Crippen LogP contribution in [-0.4, -0.2) is 30.5 Å². The van der Waals surface area contributed by atoms with E-state index >= 15 is 0 Å². The van der Waals surface area contributed by atoms with E-state index < -0.39 is 0 Å². The first-order chi connectivity index (χ1) is 10.1. The number of benzene rings is 1. The Bertz CT molecular complexity index is 613. The smallest absolute Gasteiger partial charge is 0.0837 e. The molecule has 1 N–H and O–H groups in total. The molecule has 0 spiro atoms. The number of halogens is 2. The van der Waals surface area contributed by atoms with E-state index in [9.17, 15) is 0 Å². The summed E-state index contributed by atoms with van der Waals surface area (Å²) >= 11 is 12.6. The van der Waals surface area contributed by atoms with Gasteiger partial charge in [0.2, 0.25) is 0 Å². The molecule has 6 heteroatoms. The van der Waals surface area contributed by atoms with Crippen molar-refractivity contribution in [3.05, 3.63) is 51.3 Å². The van der Waals surface area contributed by atoms with Crippen molar-refractivity contribution in [2.75, 3.05) is 20.8 Å². The number of nitrogens with one attached hydrogen (secondary N) is 1. The minimum absolute atomic E-state index is 0.0736. The average Bonchev–Trinajstić information content (AvgIpc) is 2.83. The van der Waals surface area contributed by atoms with Crippen LogP contribution in [-0.2, 0) is 11.3 Å². The molecule has 0 fully saturated rings. The number of nitrogens with zero attached hydrogens (tertiary/aromatic N) is 2. The zero-order valence-electron chi connectivity index (χ0n) is 12.4. The van der Waals surface area contributed by atoms with Gasteiger partial charge in [0.05, 0.1) is 36.1 Å². The lowest BCUT2D eigenvalue weighted by atomic mass is 9.98. The predicted molar refractivity (Wildman–Crippen MR) is 86.2 cm³/mol. The van der Waals surface area contributed by atoms with E-state index in [1.807, 2.05) is 36.9 Å². The molecule has 114 valence electrons. The molecule has 0 aliphatic heterocycles. The fraction of sp³-hybridized carbons (Fsp3) is 0.400. The molecular formula is C15H19Cl2N3O. The van der Waals surface area contributed by atoms with E-state index in [0.717, 1.165) is 21.8 Å². The lowest BCUT2D eigenvalue weighted by molar-refractivity contribution is 0.182. The van der Waals surface area contributed by atoms with Crippen molar-refractivity contribution in [3.8, 4) is 0 Å². The lowest BCUT2D eigenvalue weighted by Gasteiger charge is -2.21. The third-order valence-corrected chi connectivity index (χ3v) is 4.22. The fourth-order valence-electron chi connectivity index (χ4n) is 2.39. The van der Waals surface area contributed by atoms with Crippen molar-refractivity contribution in [2.24, 2.45) is 0 Å². The highest BCUT2D eigenvalue weighted by Crippen LogP contribution is 2.32. The van der Waals surface area contributed by atoms with E-state index in [0.29, 0.717) is 18.2 Å². The normalized spacial score (nSPS) is 12.6. The minimum atomic E-state index is -0.0736. The van der Waals surface area contributed by atoms with Gasteiger partial charge in [-0.1, -0.05) is 35.3 Å². The number of hydrogen-bond acceptors (Lipinski definition) is 3. The van der Waals surface area contributed by atoms with Crippen LogP contribution in [0.1, 0.15) is 22.9 Å². The SMILES string of the molecule is CNC(c1cccc(Cl)c1C)c1c(Cl)cnn1CCOC. The Balaban J connectivity index is 2.46. The highest BCUT2D eigenvalue weighted by molar-refractivity contribution is 6.31. The molecule has 1 heterocycles. The summed E-state index contributed by atoms with van der Waals surface area (Å²) in [6, 6.07) is 5.80. The second-order valence-electron chi connectivity index (χ2n) is 4.77. The van der Waals surface area contributed by atoms with Crippen molar-refractivity contribution < 1.29 is 4.74 Å². The summed E-state index contributed by atoms with van der Waals surface area (Å²) < 4.78 is 6.99. The van der Waals surface area contributed by atoms with Gasteiger partial charge in [-0.25, -0.2) is 0 Å². The summed E-state index contributed by atoms with van der Waals surface area (Å²) in [5.74, 6) is 0. The largest absolute Gasteiger partial charge is 0.383 e. The van der Waals surface area contributed by atoms with Crippen LogP contribution in [0.4, 0.5) is 0 Å². The van der Waals surface area contributed by atoms with E-state index in [-0.39, 0.29) is 6.04 Å². The van der Waals surface area contributed by atoms with Crippen LogP contribution >= 0.6 is 23.2 Å². The third kappa shape index (κ3) is 3.40. The zero-order valence-corrected chi connectivity index (χ0v) is 13.9. The second-order valence-corrected chi connectivity index (χ2v) is 5.58. The molecule has 0 amide bonds.